The Bertz CT molecular complexity index is 404. The van der Waals surface area contributed by atoms with Crippen molar-refractivity contribution in [3.05, 3.63) is 30.3 Å². The van der Waals surface area contributed by atoms with Gasteiger partial charge in [0.2, 0.25) is 0 Å². The Balaban J connectivity index is 2.24. The quantitative estimate of drug-likeness (QED) is 0.812. The summed E-state index contributed by atoms with van der Waals surface area (Å²) in [5.74, 6) is 0.147. The molecule has 1 atom stereocenters. The molecular weight excluding hydrogens is 226 g/mol. The van der Waals surface area contributed by atoms with Crippen molar-refractivity contribution in [3.63, 3.8) is 0 Å². The molecule has 0 aromatic heterocycles. The van der Waals surface area contributed by atoms with Gasteiger partial charge in [0, 0.05) is 6.42 Å². The van der Waals surface area contributed by atoms with Gasteiger partial charge in [0.05, 0.1) is 5.69 Å². The summed E-state index contributed by atoms with van der Waals surface area (Å²) >= 11 is 0. The van der Waals surface area contributed by atoms with E-state index in [0.717, 1.165) is 32.1 Å². The van der Waals surface area contributed by atoms with E-state index in [4.69, 9.17) is 0 Å². The molecule has 1 aliphatic carbocycles. The first-order valence-corrected chi connectivity index (χ1v) is 6.72. The van der Waals surface area contributed by atoms with E-state index in [1.54, 1.807) is 0 Å². The van der Waals surface area contributed by atoms with E-state index in [9.17, 15) is 10.0 Å². The summed E-state index contributed by atoms with van der Waals surface area (Å²) in [6.45, 7) is 1.85. The first-order chi connectivity index (χ1) is 8.64. The molecule has 0 amide bonds. The largest absolute Gasteiger partial charge is 0.297 e. The first kappa shape index (κ1) is 13.1. The van der Waals surface area contributed by atoms with Crippen molar-refractivity contribution in [3.8, 4) is 0 Å². The van der Waals surface area contributed by atoms with Gasteiger partial charge < -0.3 is 0 Å². The Morgan fingerprint density at radius 1 is 1.11 bits per heavy atom. The predicted molar refractivity (Wildman–Crippen MR) is 71.8 cm³/mol. The lowest BCUT2D eigenvalue weighted by atomic mass is 9.83. The molecule has 3 nitrogen and oxygen atoms in total. The molecule has 3 heteroatoms. The number of hydrogen-bond acceptors (Lipinski definition) is 3. The molecule has 18 heavy (non-hydrogen) atoms. The number of hydroxylamine groups is 1. The van der Waals surface area contributed by atoms with Gasteiger partial charge in [0.15, 0.2) is 5.78 Å². The van der Waals surface area contributed by atoms with Crippen LogP contribution < -0.4 is 5.06 Å². The van der Waals surface area contributed by atoms with E-state index in [-0.39, 0.29) is 5.78 Å². The van der Waals surface area contributed by atoms with Crippen molar-refractivity contribution in [2.75, 3.05) is 5.06 Å². The van der Waals surface area contributed by atoms with E-state index in [1.165, 1.54) is 5.06 Å². The fraction of sp³-hybridized carbons (Fsp3) is 0.533. The zero-order valence-corrected chi connectivity index (χ0v) is 10.9. The molecule has 0 aliphatic heterocycles. The normalized spacial score (nSPS) is 25.3. The van der Waals surface area contributed by atoms with Gasteiger partial charge in [-0.2, -0.15) is 0 Å². The summed E-state index contributed by atoms with van der Waals surface area (Å²) < 4.78 is 0. The number of anilines is 1. The average molecular weight is 247 g/mol. The topological polar surface area (TPSA) is 40.5 Å². The van der Waals surface area contributed by atoms with Gasteiger partial charge in [0.1, 0.15) is 5.54 Å². The fourth-order valence-corrected chi connectivity index (χ4v) is 2.60. The van der Waals surface area contributed by atoms with E-state index < -0.39 is 5.54 Å². The number of carbonyl (C=O) groups excluding carboxylic acids is 1. The van der Waals surface area contributed by atoms with Gasteiger partial charge in [-0.1, -0.05) is 37.5 Å². The smallest absolute Gasteiger partial charge is 0.160 e. The van der Waals surface area contributed by atoms with Gasteiger partial charge in [-0.3, -0.25) is 10.0 Å². The van der Waals surface area contributed by atoms with Crippen LogP contribution in [0.25, 0.3) is 0 Å². The minimum absolute atomic E-state index is 0.147. The molecule has 1 saturated carbocycles. The van der Waals surface area contributed by atoms with Crippen molar-refractivity contribution in [2.45, 2.75) is 51.0 Å². The summed E-state index contributed by atoms with van der Waals surface area (Å²) in [7, 11) is 0. The lowest BCUT2D eigenvalue weighted by Gasteiger charge is -2.38. The highest BCUT2D eigenvalue weighted by atomic mass is 16.5. The van der Waals surface area contributed by atoms with Crippen LogP contribution in [0.1, 0.15) is 45.4 Å². The van der Waals surface area contributed by atoms with Gasteiger partial charge in [0.25, 0.3) is 0 Å². The minimum Gasteiger partial charge on any atom is -0.297 e. The highest BCUT2D eigenvalue weighted by molar-refractivity contribution is 5.91. The molecule has 1 fully saturated rings. The van der Waals surface area contributed by atoms with Gasteiger partial charge in [-0.15, -0.1) is 0 Å². The Kier molecular flexibility index (Phi) is 4.02. The molecule has 1 aromatic rings. The van der Waals surface area contributed by atoms with Crippen LogP contribution in [0.2, 0.25) is 0 Å². The Hall–Kier alpha value is -1.35. The van der Waals surface area contributed by atoms with Gasteiger partial charge in [-0.25, -0.2) is 5.06 Å². The van der Waals surface area contributed by atoms with Crippen molar-refractivity contribution >= 4 is 11.5 Å². The summed E-state index contributed by atoms with van der Waals surface area (Å²) in [5.41, 5.74) is -0.0872. The van der Waals surface area contributed by atoms with E-state index in [0.29, 0.717) is 12.1 Å². The molecule has 1 N–H and O–H groups in total. The number of hydrogen-bond donors (Lipinski definition) is 1. The minimum atomic E-state index is -0.776. The average Bonchev–Trinajstić information content (AvgIpc) is 2.40. The lowest BCUT2D eigenvalue weighted by Crippen LogP contribution is -2.51. The summed E-state index contributed by atoms with van der Waals surface area (Å²) in [5, 5.41) is 11.6. The second-order valence-corrected chi connectivity index (χ2v) is 5.26. The van der Waals surface area contributed by atoms with Gasteiger partial charge in [-0.05, 0) is 31.9 Å². The van der Waals surface area contributed by atoms with E-state index in [1.807, 2.05) is 37.3 Å². The molecule has 1 unspecified atom stereocenters. The highest BCUT2D eigenvalue weighted by Crippen LogP contribution is 2.31. The molecule has 1 aliphatic rings. The number of para-hydroxylation sites is 1. The van der Waals surface area contributed by atoms with Crippen LogP contribution in [0.5, 0.6) is 0 Å². The van der Waals surface area contributed by atoms with Crippen molar-refractivity contribution in [2.24, 2.45) is 0 Å². The predicted octanol–water partition coefficient (Wildman–Crippen LogP) is 3.56. The fourth-order valence-electron chi connectivity index (χ4n) is 2.60. The Labute approximate surface area is 108 Å². The monoisotopic (exact) mass is 247 g/mol. The van der Waals surface area contributed by atoms with Crippen LogP contribution in [-0.2, 0) is 4.79 Å². The van der Waals surface area contributed by atoms with Crippen molar-refractivity contribution in [1.82, 2.24) is 0 Å². The maximum absolute atomic E-state index is 12.3. The summed E-state index contributed by atoms with van der Waals surface area (Å²) in [6.07, 6.45) is 5.49. The number of rotatable bonds is 2. The van der Waals surface area contributed by atoms with E-state index in [2.05, 4.69) is 0 Å². The molecule has 0 radical (unpaired) electrons. The number of benzene rings is 1. The molecular formula is C15H21NO2. The Morgan fingerprint density at radius 2 is 1.78 bits per heavy atom. The standard InChI is InChI=1S/C15H21NO2/c1-15(12-8-3-2-7-11-14(15)17)16(18)13-9-5-4-6-10-13/h4-6,9-10,18H,2-3,7-8,11-12H2,1H3. The SMILES string of the molecule is CC1(N(O)c2ccccc2)CCCCCCC1=O. The van der Waals surface area contributed by atoms with Crippen LogP contribution in [0.4, 0.5) is 5.69 Å². The van der Waals surface area contributed by atoms with Gasteiger partial charge >= 0.3 is 0 Å². The number of nitrogens with zero attached hydrogens (tertiary/aromatic N) is 1. The number of Topliss-reactive ketones (excluding diaryl/α,β-unsaturated/α-hetero) is 1. The van der Waals surface area contributed by atoms with Crippen LogP contribution in [0.15, 0.2) is 30.3 Å². The number of carbonyl (C=O) groups is 1. The zero-order valence-electron chi connectivity index (χ0n) is 10.9. The zero-order chi connectivity index (χ0) is 13.0. The third kappa shape index (κ3) is 2.56. The number of ketones is 1. The maximum atomic E-state index is 12.3. The van der Waals surface area contributed by atoms with Crippen LogP contribution in [0.3, 0.4) is 0 Å². The van der Waals surface area contributed by atoms with Crippen molar-refractivity contribution in [1.29, 1.82) is 0 Å². The molecule has 2 rings (SSSR count). The third-order valence-corrected chi connectivity index (χ3v) is 3.89. The Morgan fingerprint density at radius 3 is 2.50 bits per heavy atom. The van der Waals surface area contributed by atoms with Crippen LogP contribution in [-0.4, -0.2) is 16.5 Å². The highest BCUT2D eigenvalue weighted by Gasteiger charge is 2.38. The molecule has 1 aromatic carbocycles. The maximum Gasteiger partial charge on any atom is 0.160 e. The summed E-state index contributed by atoms with van der Waals surface area (Å²) in [6, 6.07) is 9.30. The van der Waals surface area contributed by atoms with Crippen LogP contribution in [0, 0.1) is 0 Å². The second kappa shape index (κ2) is 5.53. The van der Waals surface area contributed by atoms with Crippen molar-refractivity contribution < 1.29 is 10.0 Å². The molecule has 0 bridgehead atoms. The first-order valence-electron chi connectivity index (χ1n) is 6.72. The second-order valence-electron chi connectivity index (χ2n) is 5.26. The van der Waals surface area contributed by atoms with Crippen LogP contribution >= 0.6 is 0 Å². The van der Waals surface area contributed by atoms with E-state index >= 15 is 0 Å². The lowest BCUT2D eigenvalue weighted by molar-refractivity contribution is -0.126. The molecule has 98 valence electrons. The summed E-state index contributed by atoms with van der Waals surface area (Å²) in [4.78, 5) is 12.3. The third-order valence-electron chi connectivity index (χ3n) is 3.89. The molecule has 0 heterocycles. The molecule has 0 spiro atoms. The molecule has 0 saturated heterocycles.